The Hall–Kier alpha value is -2.79. The molecule has 0 fully saturated rings. The average Bonchev–Trinajstić information content (AvgIpc) is 3.05. The van der Waals surface area contributed by atoms with Crippen molar-refractivity contribution in [1.29, 1.82) is 0 Å². The third-order valence-corrected chi connectivity index (χ3v) is 3.24. The van der Waals surface area contributed by atoms with Crippen molar-refractivity contribution in [1.82, 2.24) is 14.8 Å². The van der Waals surface area contributed by atoms with Crippen molar-refractivity contribution in [2.75, 3.05) is 6.61 Å². The van der Waals surface area contributed by atoms with E-state index in [1.54, 1.807) is 0 Å². The fourth-order valence-electron chi connectivity index (χ4n) is 1.93. The lowest BCUT2D eigenvalue weighted by molar-refractivity contribution is -0.274. The standard InChI is InChI=1S/C17H17ClF3N3O5/c1-10(2)8-27-16(26)28-14(25)3-4-24-9-22-15(23-24)11-5-12(18)7-13(6-11)29-17(19,20)21/h3-7,9-10,14,25H,8H2,1-2H3/b4-3-. The number of hydrogen-bond donors (Lipinski definition) is 1. The first-order valence-corrected chi connectivity index (χ1v) is 8.57. The van der Waals surface area contributed by atoms with E-state index in [-0.39, 0.29) is 28.9 Å². The van der Waals surface area contributed by atoms with Gasteiger partial charge in [-0.05, 0) is 24.1 Å². The molecule has 2 rings (SSSR count). The molecule has 1 atom stereocenters. The van der Waals surface area contributed by atoms with Gasteiger partial charge < -0.3 is 19.3 Å². The second-order valence-electron chi connectivity index (χ2n) is 6.08. The molecule has 1 aromatic carbocycles. The van der Waals surface area contributed by atoms with Gasteiger partial charge in [0.2, 0.25) is 6.29 Å². The smallest absolute Gasteiger partial charge is 0.434 e. The lowest BCUT2D eigenvalue weighted by Gasteiger charge is -2.10. The third kappa shape index (κ3) is 8.00. The Morgan fingerprint density at radius 2 is 2.07 bits per heavy atom. The molecule has 1 N–H and O–H groups in total. The van der Waals surface area contributed by atoms with E-state index in [4.69, 9.17) is 16.3 Å². The first-order chi connectivity index (χ1) is 13.5. The number of benzene rings is 1. The minimum Gasteiger partial charge on any atom is -0.434 e. The summed E-state index contributed by atoms with van der Waals surface area (Å²) in [6, 6.07) is 3.43. The van der Waals surface area contributed by atoms with Crippen molar-refractivity contribution in [3.63, 3.8) is 0 Å². The van der Waals surface area contributed by atoms with E-state index in [0.29, 0.717) is 0 Å². The van der Waals surface area contributed by atoms with Gasteiger partial charge in [-0.25, -0.2) is 14.5 Å². The predicted octanol–water partition coefficient (Wildman–Crippen LogP) is 4.10. The molecule has 1 heterocycles. The zero-order valence-electron chi connectivity index (χ0n) is 15.3. The number of halogens is 4. The van der Waals surface area contributed by atoms with E-state index in [9.17, 15) is 23.1 Å². The van der Waals surface area contributed by atoms with E-state index >= 15 is 0 Å². The Bertz CT molecular complexity index is 870. The second-order valence-corrected chi connectivity index (χ2v) is 6.51. The largest absolute Gasteiger partial charge is 0.573 e. The van der Waals surface area contributed by atoms with Crippen LogP contribution in [0.2, 0.25) is 5.02 Å². The summed E-state index contributed by atoms with van der Waals surface area (Å²) in [5, 5.41) is 13.6. The highest BCUT2D eigenvalue weighted by Crippen LogP contribution is 2.30. The van der Waals surface area contributed by atoms with Gasteiger partial charge in [0, 0.05) is 22.9 Å². The summed E-state index contributed by atoms with van der Waals surface area (Å²) >= 11 is 5.81. The van der Waals surface area contributed by atoms with Gasteiger partial charge in [-0.15, -0.1) is 18.3 Å². The summed E-state index contributed by atoms with van der Waals surface area (Å²) in [5.41, 5.74) is 0.179. The molecule has 0 aliphatic carbocycles. The molecule has 1 aromatic heterocycles. The van der Waals surface area contributed by atoms with Crippen LogP contribution in [0.1, 0.15) is 13.8 Å². The minimum absolute atomic E-state index is 0.00243. The zero-order valence-corrected chi connectivity index (χ0v) is 16.0. The zero-order chi connectivity index (χ0) is 21.6. The fraction of sp³-hybridized carbons (Fsp3) is 0.353. The predicted molar refractivity (Wildman–Crippen MR) is 95.8 cm³/mol. The first kappa shape index (κ1) is 22.5. The number of aliphatic hydroxyl groups is 1. The van der Waals surface area contributed by atoms with Crippen LogP contribution < -0.4 is 4.74 Å². The van der Waals surface area contributed by atoms with Crippen LogP contribution in [-0.2, 0) is 9.47 Å². The molecular weight excluding hydrogens is 419 g/mol. The summed E-state index contributed by atoms with van der Waals surface area (Å²) in [4.78, 5) is 15.3. The SMILES string of the molecule is CC(C)COC(=O)OC(O)/C=C\n1cnc(-c2cc(Cl)cc(OC(F)(F)F)c2)n1. The van der Waals surface area contributed by atoms with Gasteiger partial charge in [0.05, 0.1) is 6.61 Å². The maximum atomic E-state index is 12.4. The van der Waals surface area contributed by atoms with E-state index in [2.05, 4.69) is 19.6 Å². The third-order valence-electron chi connectivity index (χ3n) is 3.03. The fourth-order valence-corrected chi connectivity index (χ4v) is 2.16. The second kappa shape index (κ2) is 9.61. The Labute approximate surface area is 168 Å². The van der Waals surface area contributed by atoms with Gasteiger partial charge in [-0.2, -0.15) is 0 Å². The highest BCUT2D eigenvalue weighted by Gasteiger charge is 2.31. The number of nitrogens with zero attached hydrogens (tertiary/aromatic N) is 3. The quantitative estimate of drug-likeness (QED) is 0.516. The number of rotatable bonds is 7. The number of aromatic nitrogens is 3. The van der Waals surface area contributed by atoms with Crippen LogP contribution in [0.3, 0.4) is 0 Å². The van der Waals surface area contributed by atoms with Crippen LogP contribution >= 0.6 is 11.6 Å². The van der Waals surface area contributed by atoms with Gasteiger partial charge in [0.15, 0.2) is 5.82 Å². The maximum absolute atomic E-state index is 12.4. The molecule has 12 heteroatoms. The Morgan fingerprint density at radius 3 is 2.72 bits per heavy atom. The van der Waals surface area contributed by atoms with Crippen LogP contribution in [0.25, 0.3) is 17.6 Å². The normalized spacial score (nSPS) is 13.0. The van der Waals surface area contributed by atoms with Crippen molar-refractivity contribution in [3.05, 3.63) is 35.6 Å². The summed E-state index contributed by atoms with van der Waals surface area (Å²) in [6.07, 6.45) is -3.96. The van der Waals surface area contributed by atoms with Crippen LogP contribution in [0, 0.1) is 5.92 Å². The lowest BCUT2D eigenvalue weighted by Crippen LogP contribution is -2.18. The minimum atomic E-state index is -4.87. The number of aliphatic hydroxyl groups excluding tert-OH is 1. The topological polar surface area (TPSA) is 95.7 Å². The highest BCUT2D eigenvalue weighted by atomic mass is 35.5. The average molecular weight is 436 g/mol. The first-order valence-electron chi connectivity index (χ1n) is 8.19. The van der Waals surface area contributed by atoms with E-state index < -0.39 is 24.6 Å². The Morgan fingerprint density at radius 1 is 1.34 bits per heavy atom. The molecule has 0 saturated carbocycles. The van der Waals surface area contributed by atoms with Crippen molar-refractivity contribution in [2.45, 2.75) is 26.5 Å². The molecule has 8 nitrogen and oxygen atoms in total. The van der Waals surface area contributed by atoms with E-state index in [1.165, 1.54) is 18.6 Å². The summed E-state index contributed by atoms with van der Waals surface area (Å²) in [5.74, 6) is -0.358. The van der Waals surface area contributed by atoms with Gasteiger partial charge >= 0.3 is 12.5 Å². The summed E-state index contributed by atoms with van der Waals surface area (Å²) in [7, 11) is 0. The number of carbonyl (C=O) groups excluding carboxylic acids is 1. The van der Waals surface area contributed by atoms with Crippen molar-refractivity contribution in [3.8, 4) is 17.1 Å². The van der Waals surface area contributed by atoms with Crippen molar-refractivity contribution >= 4 is 24.0 Å². The molecule has 0 saturated heterocycles. The van der Waals surface area contributed by atoms with E-state index in [0.717, 1.165) is 22.9 Å². The molecule has 0 aliphatic rings. The molecule has 29 heavy (non-hydrogen) atoms. The number of hydrogen-bond acceptors (Lipinski definition) is 7. The van der Waals surface area contributed by atoms with Gasteiger partial charge in [0.25, 0.3) is 0 Å². The molecule has 2 aromatic rings. The van der Waals surface area contributed by atoms with Gasteiger partial charge in [0.1, 0.15) is 12.1 Å². The molecule has 158 valence electrons. The van der Waals surface area contributed by atoms with E-state index in [1.807, 2.05) is 13.8 Å². The Kier molecular flexibility index (Phi) is 7.46. The molecule has 0 aliphatic heterocycles. The van der Waals surface area contributed by atoms with Gasteiger partial charge in [-0.1, -0.05) is 25.4 Å². The number of alkyl halides is 3. The molecule has 1 unspecified atom stereocenters. The lowest BCUT2D eigenvalue weighted by atomic mass is 10.2. The van der Waals surface area contributed by atoms with Crippen LogP contribution in [0.15, 0.2) is 30.6 Å². The van der Waals surface area contributed by atoms with Crippen LogP contribution in [-0.4, -0.2) is 45.3 Å². The molecule has 0 spiro atoms. The molecule has 0 bridgehead atoms. The van der Waals surface area contributed by atoms with Crippen molar-refractivity contribution in [2.24, 2.45) is 5.92 Å². The number of ether oxygens (including phenoxy) is 3. The van der Waals surface area contributed by atoms with Crippen molar-refractivity contribution < 1.29 is 37.3 Å². The molecule has 0 amide bonds. The highest BCUT2D eigenvalue weighted by molar-refractivity contribution is 6.31. The number of carbonyl (C=O) groups is 1. The van der Waals surface area contributed by atoms with Crippen LogP contribution in [0.5, 0.6) is 5.75 Å². The van der Waals surface area contributed by atoms with Crippen LogP contribution in [0.4, 0.5) is 18.0 Å². The Balaban J connectivity index is 2.03. The van der Waals surface area contributed by atoms with Gasteiger partial charge in [-0.3, -0.25) is 0 Å². The summed E-state index contributed by atoms with van der Waals surface area (Å²) < 4.78 is 51.5. The molecular formula is C17H17ClF3N3O5. The maximum Gasteiger partial charge on any atom is 0.573 e. The molecule has 0 radical (unpaired) electrons. The monoisotopic (exact) mass is 435 g/mol. The summed E-state index contributed by atoms with van der Waals surface area (Å²) in [6.45, 7) is 3.81.